The molecule has 0 saturated carbocycles. The van der Waals surface area contributed by atoms with Gasteiger partial charge in [0.2, 0.25) is 0 Å². The molecule has 0 bridgehead atoms. The fourth-order valence-electron chi connectivity index (χ4n) is 4.40. The van der Waals surface area contributed by atoms with Gasteiger partial charge in [-0.3, -0.25) is 14.5 Å². The molecule has 0 spiro atoms. The molecule has 0 aliphatic carbocycles. The lowest BCUT2D eigenvalue weighted by Crippen LogP contribution is -2.29. The van der Waals surface area contributed by atoms with Crippen molar-refractivity contribution in [3.63, 3.8) is 0 Å². The minimum atomic E-state index is -0.806. The van der Waals surface area contributed by atoms with Crippen molar-refractivity contribution in [2.45, 2.75) is 26.8 Å². The number of aromatic nitrogens is 1. The molecule has 1 atom stereocenters. The van der Waals surface area contributed by atoms with Crippen molar-refractivity contribution in [3.8, 4) is 5.75 Å². The number of rotatable bonds is 4. The molecule has 1 fully saturated rings. The molecule has 0 radical (unpaired) electrons. The molecular formula is C28H24N2O4S. The number of methoxy groups -OCH3 is 1. The highest BCUT2D eigenvalue weighted by molar-refractivity contribution is 7.22. The number of carbonyl (C=O) groups excluding carboxylic acids is 2. The van der Waals surface area contributed by atoms with Crippen molar-refractivity contribution >= 4 is 44.1 Å². The van der Waals surface area contributed by atoms with Crippen LogP contribution in [0.4, 0.5) is 5.13 Å². The van der Waals surface area contributed by atoms with E-state index >= 15 is 0 Å². The number of aryl methyl sites for hydroxylation is 3. The van der Waals surface area contributed by atoms with Crippen LogP contribution < -0.4 is 9.64 Å². The Balaban J connectivity index is 1.72. The van der Waals surface area contributed by atoms with Gasteiger partial charge in [-0.1, -0.05) is 47.2 Å². The zero-order chi connectivity index (χ0) is 24.9. The van der Waals surface area contributed by atoms with Crippen LogP contribution in [0.1, 0.15) is 33.9 Å². The zero-order valence-corrected chi connectivity index (χ0v) is 20.6. The van der Waals surface area contributed by atoms with Gasteiger partial charge in [0.15, 0.2) is 5.13 Å². The summed E-state index contributed by atoms with van der Waals surface area (Å²) in [6, 6.07) is 17.8. The number of hydrogen-bond acceptors (Lipinski definition) is 6. The van der Waals surface area contributed by atoms with Crippen molar-refractivity contribution in [1.29, 1.82) is 0 Å². The van der Waals surface area contributed by atoms with E-state index in [4.69, 9.17) is 4.74 Å². The highest BCUT2D eigenvalue weighted by atomic mass is 32.1. The number of fused-ring (bicyclic) bond motifs is 1. The maximum atomic E-state index is 13.4. The maximum absolute atomic E-state index is 13.4. The van der Waals surface area contributed by atoms with E-state index < -0.39 is 17.7 Å². The summed E-state index contributed by atoms with van der Waals surface area (Å²) in [5.74, 6) is -1.00. The van der Waals surface area contributed by atoms with E-state index in [2.05, 4.69) is 4.98 Å². The largest absolute Gasteiger partial charge is 0.507 e. The lowest BCUT2D eigenvalue weighted by molar-refractivity contribution is -0.132. The average Bonchev–Trinajstić information content (AvgIpc) is 3.37. The van der Waals surface area contributed by atoms with Gasteiger partial charge in [-0.05, 0) is 67.8 Å². The number of anilines is 1. The van der Waals surface area contributed by atoms with Gasteiger partial charge in [-0.25, -0.2) is 4.98 Å². The Morgan fingerprint density at radius 1 is 0.971 bits per heavy atom. The molecular weight excluding hydrogens is 460 g/mol. The monoisotopic (exact) mass is 484 g/mol. The molecule has 1 N–H and O–H groups in total. The molecule has 1 aromatic heterocycles. The van der Waals surface area contributed by atoms with Gasteiger partial charge in [0.1, 0.15) is 11.5 Å². The summed E-state index contributed by atoms with van der Waals surface area (Å²) in [4.78, 5) is 32.8. The molecule has 3 aromatic carbocycles. The Morgan fingerprint density at radius 3 is 2.37 bits per heavy atom. The summed E-state index contributed by atoms with van der Waals surface area (Å²) < 4.78 is 6.25. The van der Waals surface area contributed by atoms with Crippen LogP contribution in [0.5, 0.6) is 5.75 Å². The van der Waals surface area contributed by atoms with Gasteiger partial charge in [0.25, 0.3) is 5.78 Å². The number of Topliss-reactive ketones (excluding diaryl/α,β-unsaturated/α-hetero) is 1. The number of amides is 1. The molecule has 4 aromatic rings. The SMILES string of the molecule is COc1ccc(C(O)=C2C(=O)C(=O)N(c3nc4ccc(C)cc4s3)C2c2ccc(C)cc2)cc1C. The van der Waals surface area contributed by atoms with Crippen molar-refractivity contribution in [2.24, 2.45) is 0 Å². The van der Waals surface area contributed by atoms with E-state index in [9.17, 15) is 14.7 Å². The summed E-state index contributed by atoms with van der Waals surface area (Å²) in [5.41, 5.74) is 4.89. The minimum absolute atomic E-state index is 0.0406. The smallest absolute Gasteiger partial charge is 0.301 e. The van der Waals surface area contributed by atoms with Gasteiger partial charge in [0, 0.05) is 5.56 Å². The summed E-state index contributed by atoms with van der Waals surface area (Å²) in [7, 11) is 1.57. The maximum Gasteiger partial charge on any atom is 0.301 e. The first-order valence-electron chi connectivity index (χ1n) is 11.2. The van der Waals surface area contributed by atoms with Gasteiger partial charge in [0.05, 0.1) is 28.9 Å². The molecule has 1 aliphatic rings. The summed E-state index contributed by atoms with van der Waals surface area (Å²) >= 11 is 1.35. The summed E-state index contributed by atoms with van der Waals surface area (Å²) in [5, 5.41) is 11.8. The molecule has 7 heteroatoms. The topological polar surface area (TPSA) is 79.7 Å². The normalized spacial score (nSPS) is 17.4. The first-order valence-corrected chi connectivity index (χ1v) is 12.0. The Kier molecular flexibility index (Phi) is 5.65. The molecule has 2 heterocycles. The van der Waals surface area contributed by atoms with Crippen LogP contribution >= 0.6 is 11.3 Å². The zero-order valence-electron chi connectivity index (χ0n) is 19.8. The number of benzene rings is 3. The third kappa shape index (κ3) is 3.88. The number of carbonyl (C=O) groups is 2. The number of hydrogen-bond donors (Lipinski definition) is 1. The van der Waals surface area contributed by atoms with Gasteiger partial charge >= 0.3 is 5.91 Å². The van der Waals surface area contributed by atoms with E-state index in [1.165, 1.54) is 16.2 Å². The first-order chi connectivity index (χ1) is 16.8. The summed E-state index contributed by atoms with van der Waals surface area (Å²) in [6.45, 7) is 5.82. The molecule has 1 amide bonds. The van der Waals surface area contributed by atoms with Gasteiger partial charge < -0.3 is 9.84 Å². The number of aliphatic hydroxyl groups excluding tert-OH is 1. The second-order valence-corrected chi connectivity index (χ2v) is 9.74. The number of ketones is 1. The quantitative estimate of drug-likeness (QED) is 0.223. The Labute approximate surface area is 207 Å². The van der Waals surface area contributed by atoms with E-state index in [1.807, 2.05) is 63.2 Å². The molecule has 1 aliphatic heterocycles. The number of ether oxygens (including phenoxy) is 1. The predicted molar refractivity (Wildman–Crippen MR) is 138 cm³/mol. The Bertz CT molecular complexity index is 1520. The lowest BCUT2D eigenvalue weighted by Gasteiger charge is -2.23. The highest BCUT2D eigenvalue weighted by Gasteiger charge is 2.48. The fraction of sp³-hybridized carbons (Fsp3) is 0.179. The Morgan fingerprint density at radius 2 is 1.69 bits per heavy atom. The van der Waals surface area contributed by atoms with Crippen LogP contribution in [0.2, 0.25) is 0 Å². The van der Waals surface area contributed by atoms with E-state index in [1.54, 1.807) is 25.3 Å². The van der Waals surface area contributed by atoms with Crippen LogP contribution in [0.25, 0.3) is 16.0 Å². The van der Waals surface area contributed by atoms with E-state index in [0.29, 0.717) is 16.4 Å². The van der Waals surface area contributed by atoms with Gasteiger partial charge in [-0.2, -0.15) is 0 Å². The average molecular weight is 485 g/mol. The predicted octanol–water partition coefficient (Wildman–Crippen LogP) is 5.86. The van der Waals surface area contributed by atoms with Gasteiger partial charge in [-0.15, -0.1) is 0 Å². The van der Waals surface area contributed by atoms with Crippen LogP contribution in [0, 0.1) is 20.8 Å². The van der Waals surface area contributed by atoms with Crippen molar-refractivity contribution < 1.29 is 19.4 Å². The second kappa shape index (κ2) is 8.67. The lowest BCUT2D eigenvalue weighted by atomic mass is 9.94. The van der Waals surface area contributed by atoms with Crippen molar-refractivity contribution in [1.82, 2.24) is 4.98 Å². The van der Waals surface area contributed by atoms with Crippen LogP contribution in [-0.2, 0) is 9.59 Å². The molecule has 6 nitrogen and oxygen atoms in total. The van der Waals surface area contributed by atoms with Crippen molar-refractivity contribution in [2.75, 3.05) is 12.0 Å². The molecule has 5 rings (SSSR count). The third-order valence-corrected chi connectivity index (χ3v) is 7.26. The van der Waals surface area contributed by atoms with E-state index in [-0.39, 0.29) is 11.3 Å². The van der Waals surface area contributed by atoms with Crippen LogP contribution in [0.3, 0.4) is 0 Å². The Hall–Kier alpha value is -3.97. The molecule has 35 heavy (non-hydrogen) atoms. The third-order valence-electron chi connectivity index (χ3n) is 6.24. The van der Waals surface area contributed by atoms with Crippen LogP contribution in [-0.4, -0.2) is 28.9 Å². The van der Waals surface area contributed by atoms with E-state index in [0.717, 1.165) is 32.5 Å². The highest BCUT2D eigenvalue weighted by Crippen LogP contribution is 2.44. The molecule has 176 valence electrons. The standard InChI is InChI=1S/C28H24N2O4S/c1-15-5-8-18(9-6-15)24-23(25(31)19-10-12-21(34-4)17(3)14-19)26(32)27(33)30(24)28-29-20-11-7-16(2)13-22(20)35-28/h5-14,24,31H,1-4H3. The number of thiazole rings is 1. The number of nitrogens with zero attached hydrogens (tertiary/aromatic N) is 2. The molecule has 1 unspecified atom stereocenters. The minimum Gasteiger partial charge on any atom is -0.507 e. The summed E-state index contributed by atoms with van der Waals surface area (Å²) in [6.07, 6.45) is 0. The fourth-order valence-corrected chi connectivity index (χ4v) is 5.49. The molecule has 1 saturated heterocycles. The first kappa shape index (κ1) is 22.8. The second-order valence-electron chi connectivity index (χ2n) is 8.73. The number of aliphatic hydroxyl groups is 1. The van der Waals surface area contributed by atoms with Crippen molar-refractivity contribution in [3.05, 3.63) is 94.1 Å². The van der Waals surface area contributed by atoms with Crippen LogP contribution in [0.15, 0.2) is 66.2 Å².